The van der Waals surface area contributed by atoms with Crippen LogP contribution in [0.2, 0.25) is 0 Å². The molecule has 0 aromatic carbocycles. The Balaban J connectivity index is 2.09. The molecule has 0 spiro atoms. The molecule has 3 aromatic heterocycles. The summed E-state index contributed by atoms with van der Waals surface area (Å²) in [6.07, 6.45) is -4.70. The number of rotatable bonds is 3. The van der Waals surface area contributed by atoms with Gasteiger partial charge >= 0.3 is 11.9 Å². The molecule has 0 radical (unpaired) electrons. The number of fused-ring (bicyclic) bond motifs is 1. The predicted molar refractivity (Wildman–Crippen MR) is 96.5 cm³/mol. The van der Waals surface area contributed by atoms with Crippen LogP contribution < -0.4 is 16.1 Å². The van der Waals surface area contributed by atoms with E-state index in [-0.39, 0.29) is 23.5 Å². The van der Waals surface area contributed by atoms with Gasteiger partial charge in [-0.05, 0) is 12.1 Å². The molecule has 3 aromatic rings. The summed E-state index contributed by atoms with van der Waals surface area (Å²) in [5, 5.41) is 1.87. The van der Waals surface area contributed by atoms with Gasteiger partial charge in [-0.25, -0.2) is 14.8 Å². The molecule has 0 aliphatic rings. The maximum Gasteiger partial charge on any atom is 0.433 e. The van der Waals surface area contributed by atoms with E-state index in [9.17, 15) is 27.6 Å². The lowest BCUT2D eigenvalue weighted by Crippen LogP contribution is -2.40. The maximum atomic E-state index is 12.9. The normalized spacial score (nSPS) is 11.8. The van der Waals surface area contributed by atoms with Crippen molar-refractivity contribution in [2.45, 2.75) is 19.6 Å². The van der Waals surface area contributed by atoms with E-state index < -0.39 is 23.1 Å². The molecule has 0 atom stereocenters. The second-order valence-electron chi connectivity index (χ2n) is 6.00. The second-order valence-corrected chi connectivity index (χ2v) is 6.83. The van der Waals surface area contributed by atoms with Crippen LogP contribution in [0, 0.1) is 0 Å². The lowest BCUT2D eigenvalue weighted by Gasteiger charge is -2.12. The van der Waals surface area contributed by atoms with Crippen LogP contribution in [0.1, 0.15) is 18.3 Å². The van der Waals surface area contributed by atoms with E-state index >= 15 is 0 Å². The smallest absolute Gasteiger partial charge is 0.292 e. The Labute approximate surface area is 159 Å². The number of nitrogens with zero attached hydrogens (tertiary/aromatic N) is 5. The highest BCUT2D eigenvalue weighted by Gasteiger charge is 2.33. The number of pyridine rings is 1. The fraction of sp³-hybridized carbons (Fsp3) is 0.312. The summed E-state index contributed by atoms with van der Waals surface area (Å²) in [7, 11) is 2.78. The molecular formula is C16H14F3N5O3S. The molecule has 3 heterocycles. The number of hydrogen-bond acceptors (Lipinski definition) is 6. The number of carbonyl (C=O) groups is 1. The molecule has 0 bridgehead atoms. The first kappa shape index (κ1) is 19.7. The average molecular weight is 413 g/mol. The van der Waals surface area contributed by atoms with Crippen LogP contribution in [-0.4, -0.2) is 32.1 Å². The Hall–Kier alpha value is -3.02. The van der Waals surface area contributed by atoms with E-state index in [1.165, 1.54) is 25.9 Å². The second kappa shape index (κ2) is 6.86. The summed E-state index contributed by atoms with van der Waals surface area (Å²) in [5.41, 5.74) is -2.76. The lowest BCUT2D eigenvalue weighted by molar-refractivity contribution is -0.141. The number of amides is 1. The van der Waals surface area contributed by atoms with Crippen molar-refractivity contribution in [3.05, 3.63) is 49.7 Å². The largest absolute Gasteiger partial charge is 0.433 e. The minimum atomic E-state index is -4.70. The van der Waals surface area contributed by atoms with Crippen molar-refractivity contribution in [1.82, 2.24) is 19.1 Å². The van der Waals surface area contributed by atoms with E-state index in [1.54, 1.807) is 5.38 Å². The van der Waals surface area contributed by atoms with Gasteiger partial charge in [0.05, 0.1) is 17.6 Å². The summed E-state index contributed by atoms with van der Waals surface area (Å²) in [4.78, 5) is 45.6. The van der Waals surface area contributed by atoms with Crippen LogP contribution >= 0.6 is 11.3 Å². The molecule has 0 unspecified atom stereocenters. The van der Waals surface area contributed by atoms with Gasteiger partial charge in [0.2, 0.25) is 5.91 Å². The van der Waals surface area contributed by atoms with Gasteiger partial charge in [0.15, 0.2) is 5.13 Å². The van der Waals surface area contributed by atoms with Crippen LogP contribution in [0.25, 0.3) is 11.0 Å². The van der Waals surface area contributed by atoms with Gasteiger partial charge in [-0.1, -0.05) is 0 Å². The fourth-order valence-corrected chi connectivity index (χ4v) is 3.32. The third-order valence-electron chi connectivity index (χ3n) is 4.10. The zero-order chi connectivity index (χ0) is 20.8. The molecule has 12 heteroatoms. The summed E-state index contributed by atoms with van der Waals surface area (Å²) in [5.74, 6) is -0.230. The zero-order valence-electron chi connectivity index (χ0n) is 14.9. The standard InChI is InChI=1S/C16H14F3N5O3S/c1-8(25)22(2)14-20-9(7-28-14)6-24-13(26)10-4-5-11(16(17,18)19)21-12(10)23(3)15(24)27/h4-5,7H,6H2,1-3H3. The molecule has 0 saturated carbocycles. The van der Waals surface area contributed by atoms with Crippen molar-refractivity contribution in [2.75, 3.05) is 11.9 Å². The number of aromatic nitrogens is 4. The van der Waals surface area contributed by atoms with Crippen molar-refractivity contribution >= 4 is 33.4 Å². The summed E-state index contributed by atoms with van der Waals surface area (Å²) in [6, 6.07) is 1.70. The number of thiazole rings is 1. The molecule has 0 N–H and O–H groups in total. The van der Waals surface area contributed by atoms with E-state index in [4.69, 9.17) is 0 Å². The van der Waals surface area contributed by atoms with Crippen molar-refractivity contribution in [2.24, 2.45) is 7.05 Å². The SMILES string of the molecule is CC(=O)N(C)c1nc(Cn2c(=O)c3ccc(C(F)(F)F)nc3n(C)c2=O)cs1. The molecule has 0 aliphatic carbocycles. The van der Waals surface area contributed by atoms with E-state index in [1.807, 2.05) is 0 Å². The Kier molecular flexibility index (Phi) is 4.83. The number of alkyl halides is 3. The summed E-state index contributed by atoms with van der Waals surface area (Å²) < 4.78 is 40.4. The molecule has 1 amide bonds. The number of anilines is 1. The van der Waals surface area contributed by atoms with Crippen LogP contribution in [0.5, 0.6) is 0 Å². The molecule has 28 heavy (non-hydrogen) atoms. The summed E-state index contributed by atoms with van der Waals surface area (Å²) >= 11 is 1.16. The van der Waals surface area contributed by atoms with Crippen LogP contribution in [0.15, 0.2) is 27.1 Å². The third kappa shape index (κ3) is 3.42. The van der Waals surface area contributed by atoms with Crippen molar-refractivity contribution in [3.8, 4) is 0 Å². The highest BCUT2D eigenvalue weighted by Crippen LogP contribution is 2.28. The van der Waals surface area contributed by atoms with Gasteiger partial charge in [0.25, 0.3) is 5.56 Å². The molecule has 0 fully saturated rings. The van der Waals surface area contributed by atoms with Crippen LogP contribution in [0.3, 0.4) is 0 Å². The van der Waals surface area contributed by atoms with Crippen LogP contribution in [-0.2, 0) is 24.6 Å². The third-order valence-corrected chi connectivity index (χ3v) is 5.06. The Morgan fingerprint density at radius 1 is 1.25 bits per heavy atom. The molecular weight excluding hydrogens is 399 g/mol. The number of hydrogen-bond donors (Lipinski definition) is 0. The topological polar surface area (TPSA) is 90.1 Å². The van der Waals surface area contributed by atoms with Gasteiger partial charge in [-0.15, -0.1) is 11.3 Å². The van der Waals surface area contributed by atoms with Crippen LogP contribution in [0.4, 0.5) is 18.3 Å². The van der Waals surface area contributed by atoms with Crippen molar-refractivity contribution in [3.63, 3.8) is 0 Å². The fourth-order valence-electron chi connectivity index (χ4n) is 2.49. The molecule has 8 nitrogen and oxygen atoms in total. The predicted octanol–water partition coefficient (Wildman–Crippen LogP) is 1.60. The lowest BCUT2D eigenvalue weighted by atomic mass is 10.2. The minimum absolute atomic E-state index is 0.119. The van der Waals surface area contributed by atoms with Gasteiger partial charge in [0.1, 0.15) is 11.3 Å². The van der Waals surface area contributed by atoms with Crippen molar-refractivity contribution < 1.29 is 18.0 Å². The minimum Gasteiger partial charge on any atom is -0.292 e. The van der Waals surface area contributed by atoms with E-state index in [0.29, 0.717) is 16.9 Å². The molecule has 3 rings (SSSR count). The Morgan fingerprint density at radius 3 is 2.54 bits per heavy atom. The first-order valence-electron chi connectivity index (χ1n) is 7.87. The maximum absolute atomic E-state index is 12.9. The Morgan fingerprint density at radius 2 is 1.93 bits per heavy atom. The van der Waals surface area contributed by atoms with Gasteiger partial charge in [-0.2, -0.15) is 13.2 Å². The zero-order valence-corrected chi connectivity index (χ0v) is 15.8. The van der Waals surface area contributed by atoms with Gasteiger partial charge < -0.3 is 0 Å². The quantitative estimate of drug-likeness (QED) is 0.651. The average Bonchev–Trinajstić information content (AvgIpc) is 3.10. The van der Waals surface area contributed by atoms with Gasteiger partial charge in [-0.3, -0.25) is 23.6 Å². The van der Waals surface area contributed by atoms with Gasteiger partial charge in [0, 0.05) is 26.4 Å². The number of aryl methyl sites for hydroxylation is 1. The highest BCUT2D eigenvalue weighted by atomic mass is 32.1. The first-order valence-corrected chi connectivity index (χ1v) is 8.75. The Bertz CT molecular complexity index is 1190. The van der Waals surface area contributed by atoms with Crippen molar-refractivity contribution in [1.29, 1.82) is 0 Å². The number of carbonyl (C=O) groups excluding carboxylic acids is 1. The molecule has 0 saturated heterocycles. The molecule has 0 aliphatic heterocycles. The number of halogens is 3. The summed E-state index contributed by atoms with van der Waals surface area (Å²) in [6.45, 7) is 1.18. The van der Waals surface area contributed by atoms with E-state index in [2.05, 4.69) is 9.97 Å². The monoisotopic (exact) mass is 413 g/mol. The van der Waals surface area contributed by atoms with E-state index in [0.717, 1.165) is 26.5 Å². The molecule has 148 valence electrons. The first-order chi connectivity index (χ1) is 13.0. The highest BCUT2D eigenvalue weighted by molar-refractivity contribution is 7.14.